The third-order valence-electron chi connectivity index (χ3n) is 4.52. The van der Waals surface area contributed by atoms with Crippen molar-refractivity contribution in [2.24, 2.45) is 5.92 Å². The van der Waals surface area contributed by atoms with Gasteiger partial charge in [-0.2, -0.15) is 0 Å². The largest absolute Gasteiger partial charge is 0.491 e. The zero-order valence-electron chi connectivity index (χ0n) is 14.5. The summed E-state index contributed by atoms with van der Waals surface area (Å²) < 4.78 is 5.78. The Hall–Kier alpha value is -1.06. The van der Waals surface area contributed by atoms with Gasteiger partial charge in [0, 0.05) is 13.1 Å². The molecule has 1 aromatic rings. The van der Waals surface area contributed by atoms with Gasteiger partial charge in [0.2, 0.25) is 0 Å². The number of ether oxygens (including phenoxy) is 1. The van der Waals surface area contributed by atoms with Crippen LogP contribution < -0.4 is 4.74 Å². The Morgan fingerprint density at radius 1 is 1.36 bits per heavy atom. The van der Waals surface area contributed by atoms with Gasteiger partial charge in [-0.1, -0.05) is 26.8 Å². The van der Waals surface area contributed by atoms with Crippen molar-refractivity contribution in [1.29, 1.82) is 0 Å². The first kappa shape index (κ1) is 17.3. The number of β-amino-alcohol motifs (C(OH)–C–C–N with tert-alkyl or cyclic N) is 1. The zero-order chi connectivity index (χ0) is 16.1. The van der Waals surface area contributed by atoms with Crippen LogP contribution in [0.1, 0.15) is 50.7 Å². The van der Waals surface area contributed by atoms with Gasteiger partial charge in [-0.25, -0.2) is 0 Å². The van der Waals surface area contributed by atoms with Crippen LogP contribution in [0.5, 0.6) is 5.75 Å². The second-order valence-electron chi connectivity index (χ2n) is 7.14. The fourth-order valence-corrected chi connectivity index (χ4v) is 3.38. The molecule has 0 aliphatic carbocycles. The van der Waals surface area contributed by atoms with Crippen LogP contribution in [0, 0.1) is 12.8 Å². The lowest BCUT2D eigenvalue weighted by molar-refractivity contribution is 0.0537. The molecule has 0 unspecified atom stereocenters. The monoisotopic (exact) mass is 305 g/mol. The molecule has 2 atom stereocenters. The van der Waals surface area contributed by atoms with Gasteiger partial charge in [0.15, 0.2) is 0 Å². The summed E-state index contributed by atoms with van der Waals surface area (Å²) >= 11 is 0. The molecule has 0 aromatic heterocycles. The summed E-state index contributed by atoms with van der Waals surface area (Å²) in [6, 6.07) is 6.22. The minimum atomic E-state index is -0.421. The van der Waals surface area contributed by atoms with Gasteiger partial charge < -0.3 is 14.7 Å². The lowest BCUT2D eigenvalue weighted by Gasteiger charge is -2.32. The summed E-state index contributed by atoms with van der Waals surface area (Å²) in [5, 5.41) is 10.2. The molecular formula is C19H31NO2. The average molecular weight is 305 g/mol. The molecule has 1 heterocycles. The number of hydrogen-bond donors (Lipinski definition) is 1. The normalized spacial score (nSPS) is 21.1. The summed E-state index contributed by atoms with van der Waals surface area (Å²) in [5.41, 5.74) is 2.61. The first-order chi connectivity index (χ1) is 10.5. The van der Waals surface area contributed by atoms with Gasteiger partial charge in [-0.3, -0.25) is 0 Å². The fraction of sp³-hybridized carbons (Fsp3) is 0.684. The third-order valence-corrected chi connectivity index (χ3v) is 4.52. The maximum atomic E-state index is 10.2. The number of rotatable bonds is 6. The van der Waals surface area contributed by atoms with E-state index in [1.54, 1.807) is 0 Å². The Labute approximate surface area is 135 Å². The second-order valence-corrected chi connectivity index (χ2v) is 7.14. The Bertz CT molecular complexity index is 473. The van der Waals surface area contributed by atoms with Gasteiger partial charge in [-0.05, 0) is 61.4 Å². The lowest BCUT2D eigenvalue weighted by Crippen LogP contribution is -2.41. The number of piperidine rings is 1. The third kappa shape index (κ3) is 4.99. The predicted molar refractivity (Wildman–Crippen MR) is 91.6 cm³/mol. The number of likely N-dealkylation sites (tertiary alicyclic amines) is 1. The van der Waals surface area contributed by atoms with Gasteiger partial charge >= 0.3 is 0 Å². The number of aliphatic hydroxyl groups is 1. The van der Waals surface area contributed by atoms with Crippen molar-refractivity contribution in [3.8, 4) is 5.75 Å². The average Bonchev–Trinajstić information content (AvgIpc) is 2.45. The number of nitrogens with zero attached hydrogens (tertiary/aromatic N) is 1. The van der Waals surface area contributed by atoms with Crippen LogP contribution in [0.3, 0.4) is 0 Å². The summed E-state index contributed by atoms with van der Waals surface area (Å²) in [6.45, 7) is 12.1. The quantitative estimate of drug-likeness (QED) is 0.872. The molecule has 0 amide bonds. The Kier molecular flexibility index (Phi) is 6.27. The first-order valence-corrected chi connectivity index (χ1v) is 8.59. The van der Waals surface area contributed by atoms with E-state index < -0.39 is 6.10 Å². The number of aryl methyl sites for hydroxylation is 1. The Morgan fingerprint density at radius 2 is 2.14 bits per heavy atom. The van der Waals surface area contributed by atoms with Crippen molar-refractivity contribution in [1.82, 2.24) is 4.90 Å². The van der Waals surface area contributed by atoms with Crippen LogP contribution in [0.15, 0.2) is 18.2 Å². The van der Waals surface area contributed by atoms with E-state index in [0.29, 0.717) is 19.1 Å². The van der Waals surface area contributed by atoms with Crippen LogP contribution in [0.4, 0.5) is 0 Å². The Balaban J connectivity index is 1.80. The summed E-state index contributed by atoms with van der Waals surface area (Å²) in [5.74, 6) is 2.13. The molecule has 1 aromatic carbocycles. The van der Waals surface area contributed by atoms with E-state index in [1.807, 2.05) is 6.07 Å². The zero-order valence-corrected chi connectivity index (χ0v) is 14.5. The molecule has 0 spiro atoms. The number of benzene rings is 1. The molecule has 1 aliphatic heterocycles. The van der Waals surface area contributed by atoms with Crippen molar-refractivity contribution in [2.45, 2.75) is 52.6 Å². The maximum Gasteiger partial charge on any atom is 0.119 e. The highest BCUT2D eigenvalue weighted by molar-refractivity contribution is 5.36. The Morgan fingerprint density at radius 3 is 2.77 bits per heavy atom. The van der Waals surface area contributed by atoms with Crippen molar-refractivity contribution in [3.63, 3.8) is 0 Å². The standard InChI is InChI=1S/C19H31NO2/c1-14(2)19-8-7-18(10-16(19)4)22-13-17(21)12-20-9-5-6-15(3)11-20/h7-8,10,14-15,17,21H,5-6,9,11-13H2,1-4H3/t15-,17+/m0/s1. The van der Waals surface area contributed by atoms with E-state index >= 15 is 0 Å². The molecule has 3 heteroatoms. The van der Waals surface area contributed by atoms with Gasteiger partial charge in [0.05, 0.1) is 0 Å². The van der Waals surface area contributed by atoms with E-state index in [1.165, 1.54) is 24.0 Å². The molecular weight excluding hydrogens is 274 g/mol. The molecule has 22 heavy (non-hydrogen) atoms. The molecule has 1 fully saturated rings. The first-order valence-electron chi connectivity index (χ1n) is 8.59. The van der Waals surface area contributed by atoms with E-state index in [9.17, 15) is 5.11 Å². The molecule has 1 N–H and O–H groups in total. The SMILES string of the molecule is Cc1cc(OC[C@H](O)CN2CCC[C@H](C)C2)ccc1C(C)C. The highest BCUT2D eigenvalue weighted by Gasteiger charge is 2.19. The molecule has 1 aliphatic rings. The van der Waals surface area contributed by atoms with Gasteiger partial charge in [0.1, 0.15) is 18.5 Å². The smallest absolute Gasteiger partial charge is 0.119 e. The molecule has 124 valence electrons. The van der Waals surface area contributed by atoms with E-state index in [-0.39, 0.29) is 0 Å². The molecule has 1 saturated heterocycles. The van der Waals surface area contributed by atoms with Gasteiger partial charge in [-0.15, -0.1) is 0 Å². The minimum Gasteiger partial charge on any atom is -0.491 e. The summed E-state index contributed by atoms with van der Waals surface area (Å²) in [6.07, 6.45) is 2.13. The minimum absolute atomic E-state index is 0.366. The predicted octanol–water partition coefficient (Wildman–Crippen LogP) is 3.59. The fourth-order valence-electron chi connectivity index (χ4n) is 3.38. The maximum absolute atomic E-state index is 10.2. The van der Waals surface area contributed by atoms with Crippen molar-refractivity contribution in [3.05, 3.63) is 29.3 Å². The van der Waals surface area contributed by atoms with E-state index in [2.05, 4.69) is 44.7 Å². The second kappa shape index (κ2) is 7.98. The molecule has 0 bridgehead atoms. The lowest BCUT2D eigenvalue weighted by atomic mass is 9.98. The molecule has 3 nitrogen and oxygen atoms in total. The van der Waals surface area contributed by atoms with Crippen LogP contribution >= 0.6 is 0 Å². The topological polar surface area (TPSA) is 32.7 Å². The molecule has 0 radical (unpaired) electrons. The van der Waals surface area contributed by atoms with E-state index in [0.717, 1.165) is 24.8 Å². The molecule has 2 rings (SSSR count). The number of aliphatic hydroxyl groups excluding tert-OH is 1. The highest BCUT2D eigenvalue weighted by atomic mass is 16.5. The highest BCUT2D eigenvalue weighted by Crippen LogP contribution is 2.23. The van der Waals surface area contributed by atoms with Crippen molar-refractivity contribution < 1.29 is 9.84 Å². The van der Waals surface area contributed by atoms with Crippen LogP contribution in [0.25, 0.3) is 0 Å². The van der Waals surface area contributed by atoms with Crippen molar-refractivity contribution >= 4 is 0 Å². The van der Waals surface area contributed by atoms with Gasteiger partial charge in [0.25, 0.3) is 0 Å². The number of hydrogen-bond acceptors (Lipinski definition) is 3. The van der Waals surface area contributed by atoms with Crippen molar-refractivity contribution in [2.75, 3.05) is 26.2 Å². The van der Waals surface area contributed by atoms with E-state index in [4.69, 9.17) is 4.74 Å². The summed E-state index contributed by atoms with van der Waals surface area (Å²) in [7, 11) is 0. The molecule has 0 saturated carbocycles. The summed E-state index contributed by atoms with van der Waals surface area (Å²) in [4.78, 5) is 2.36. The van der Waals surface area contributed by atoms with Crippen LogP contribution in [0.2, 0.25) is 0 Å². The van der Waals surface area contributed by atoms with Crippen LogP contribution in [-0.2, 0) is 0 Å². The van der Waals surface area contributed by atoms with Crippen LogP contribution in [-0.4, -0.2) is 42.4 Å².